The second kappa shape index (κ2) is 5.38. The van der Waals surface area contributed by atoms with Gasteiger partial charge in [0.25, 0.3) is 0 Å². The van der Waals surface area contributed by atoms with Crippen molar-refractivity contribution in [3.8, 4) is 0 Å². The lowest BCUT2D eigenvalue weighted by Crippen LogP contribution is -2.43. The van der Waals surface area contributed by atoms with Gasteiger partial charge in [-0.05, 0) is 44.1 Å². The molecule has 3 unspecified atom stereocenters. The molecule has 2 fully saturated rings. The molecule has 0 aromatic rings. The molecule has 0 aromatic carbocycles. The molecule has 0 bridgehead atoms. The average molecular weight is 239 g/mol. The second-order valence-corrected chi connectivity index (χ2v) is 6.12. The van der Waals surface area contributed by atoms with Crippen LogP contribution in [0.1, 0.15) is 52.4 Å². The zero-order valence-electron chi connectivity index (χ0n) is 11.1. The van der Waals surface area contributed by atoms with E-state index in [-0.39, 0.29) is 6.04 Å². The molecule has 3 atom stereocenters. The first-order valence-electron chi connectivity index (χ1n) is 7.08. The summed E-state index contributed by atoms with van der Waals surface area (Å²) in [6.45, 7) is 5.39. The molecule has 0 amide bonds. The number of hydrogen-bond donors (Lipinski definition) is 1. The first-order chi connectivity index (χ1) is 8.09. The molecule has 1 aliphatic carbocycles. The van der Waals surface area contributed by atoms with Crippen LogP contribution in [-0.4, -0.2) is 34.6 Å². The lowest BCUT2D eigenvalue weighted by atomic mass is 9.84. The predicted octanol–water partition coefficient (Wildman–Crippen LogP) is 2.75. The van der Waals surface area contributed by atoms with Crippen LogP contribution in [0.2, 0.25) is 0 Å². The molecular weight excluding hydrogens is 214 g/mol. The fraction of sp³-hybridized carbons (Fsp3) is 0.929. The molecule has 3 nitrogen and oxygen atoms in total. The topological polar surface area (TPSA) is 40.5 Å². The number of carboxylic acid groups (broad SMARTS) is 1. The number of fused-ring (bicyclic) bond motifs is 1. The summed E-state index contributed by atoms with van der Waals surface area (Å²) in [5.74, 6) is 0.701. The molecule has 17 heavy (non-hydrogen) atoms. The molecule has 98 valence electrons. The van der Waals surface area contributed by atoms with Crippen molar-refractivity contribution < 1.29 is 9.90 Å². The molecule has 1 saturated heterocycles. The van der Waals surface area contributed by atoms with Crippen LogP contribution in [-0.2, 0) is 4.79 Å². The first-order valence-corrected chi connectivity index (χ1v) is 7.08. The fourth-order valence-corrected chi connectivity index (χ4v) is 3.52. The van der Waals surface area contributed by atoms with E-state index in [4.69, 9.17) is 0 Å². The summed E-state index contributed by atoms with van der Waals surface area (Å²) < 4.78 is 0. The Morgan fingerprint density at radius 3 is 2.71 bits per heavy atom. The van der Waals surface area contributed by atoms with Gasteiger partial charge >= 0.3 is 5.97 Å². The van der Waals surface area contributed by atoms with Gasteiger partial charge in [0.2, 0.25) is 0 Å². The lowest BCUT2D eigenvalue weighted by molar-refractivity contribution is -0.142. The molecule has 1 saturated carbocycles. The number of nitrogens with zero attached hydrogens (tertiary/aromatic N) is 1. The van der Waals surface area contributed by atoms with E-state index in [1.807, 2.05) is 0 Å². The molecule has 1 aliphatic heterocycles. The monoisotopic (exact) mass is 239 g/mol. The summed E-state index contributed by atoms with van der Waals surface area (Å²) in [5.41, 5.74) is 0. The van der Waals surface area contributed by atoms with E-state index < -0.39 is 5.97 Å². The Morgan fingerprint density at radius 1 is 1.35 bits per heavy atom. The van der Waals surface area contributed by atoms with Gasteiger partial charge in [0.1, 0.15) is 6.04 Å². The summed E-state index contributed by atoms with van der Waals surface area (Å²) >= 11 is 0. The summed E-state index contributed by atoms with van der Waals surface area (Å²) in [6, 6.07) is 0.352. The normalized spacial score (nSPS) is 33.9. The van der Waals surface area contributed by atoms with Crippen molar-refractivity contribution in [2.75, 3.05) is 6.54 Å². The summed E-state index contributed by atoms with van der Waals surface area (Å²) in [6.07, 6.45) is 7.04. The van der Waals surface area contributed by atoms with Gasteiger partial charge in [0.05, 0.1) is 0 Å². The van der Waals surface area contributed by atoms with Crippen LogP contribution in [0.3, 0.4) is 0 Å². The Kier molecular flexibility index (Phi) is 4.08. The zero-order chi connectivity index (χ0) is 12.4. The minimum Gasteiger partial charge on any atom is -0.480 e. The van der Waals surface area contributed by atoms with Crippen molar-refractivity contribution in [2.45, 2.75) is 64.5 Å². The van der Waals surface area contributed by atoms with Crippen LogP contribution in [0.15, 0.2) is 0 Å². The van der Waals surface area contributed by atoms with E-state index in [2.05, 4.69) is 18.7 Å². The van der Waals surface area contributed by atoms with E-state index in [0.717, 1.165) is 19.4 Å². The van der Waals surface area contributed by atoms with E-state index in [1.54, 1.807) is 0 Å². The van der Waals surface area contributed by atoms with Crippen molar-refractivity contribution in [2.24, 2.45) is 11.8 Å². The van der Waals surface area contributed by atoms with Gasteiger partial charge in [-0.25, -0.2) is 0 Å². The van der Waals surface area contributed by atoms with E-state index >= 15 is 0 Å². The summed E-state index contributed by atoms with van der Waals surface area (Å²) in [5, 5.41) is 9.35. The van der Waals surface area contributed by atoms with Gasteiger partial charge in [0.15, 0.2) is 0 Å². The highest BCUT2D eigenvalue weighted by atomic mass is 16.4. The van der Waals surface area contributed by atoms with Crippen LogP contribution < -0.4 is 0 Å². The van der Waals surface area contributed by atoms with Crippen molar-refractivity contribution in [1.82, 2.24) is 4.90 Å². The smallest absolute Gasteiger partial charge is 0.320 e. The Hall–Kier alpha value is -0.570. The van der Waals surface area contributed by atoms with Gasteiger partial charge in [0, 0.05) is 6.04 Å². The highest BCUT2D eigenvalue weighted by Gasteiger charge is 2.44. The van der Waals surface area contributed by atoms with Gasteiger partial charge < -0.3 is 5.11 Å². The standard InChI is InChI=1S/C14H25NO2/c1-10(2)7-8-15-12-6-4-3-5-11(12)9-13(15)14(16)17/h10-13H,3-9H2,1-2H3,(H,16,17). The summed E-state index contributed by atoms with van der Waals surface area (Å²) in [7, 11) is 0. The van der Waals surface area contributed by atoms with Crippen molar-refractivity contribution in [3.05, 3.63) is 0 Å². The van der Waals surface area contributed by atoms with Crippen molar-refractivity contribution >= 4 is 5.97 Å². The quantitative estimate of drug-likeness (QED) is 0.820. The van der Waals surface area contributed by atoms with E-state index in [0.29, 0.717) is 17.9 Å². The number of carbonyl (C=O) groups is 1. The van der Waals surface area contributed by atoms with Crippen molar-refractivity contribution in [1.29, 1.82) is 0 Å². The van der Waals surface area contributed by atoms with Crippen LogP contribution >= 0.6 is 0 Å². The SMILES string of the molecule is CC(C)CCN1C(C(=O)O)CC2CCCCC21. The number of hydrogen-bond acceptors (Lipinski definition) is 2. The minimum atomic E-state index is -0.608. The first kappa shape index (κ1) is 12.9. The van der Waals surface area contributed by atoms with E-state index in [1.165, 1.54) is 25.7 Å². The maximum absolute atomic E-state index is 11.4. The van der Waals surface area contributed by atoms with Crippen LogP contribution in [0.4, 0.5) is 0 Å². The third-order valence-electron chi connectivity index (χ3n) is 4.47. The Morgan fingerprint density at radius 2 is 2.06 bits per heavy atom. The molecule has 3 heteroatoms. The third kappa shape index (κ3) is 2.82. The fourth-order valence-electron chi connectivity index (χ4n) is 3.52. The largest absolute Gasteiger partial charge is 0.480 e. The number of rotatable bonds is 4. The van der Waals surface area contributed by atoms with Gasteiger partial charge in [-0.2, -0.15) is 0 Å². The molecule has 1 heterocycles. The number of aliphatic carboxylic acids is 1. The Bertz CT molecular complexity index is 277. The maximum Gasteiger partial charge on any atom is 0.320 e. The number of likely N-dealkylation sites (tertiary alicyclic amines) is 1. The van der Waals surface area contributed by atoms with E-state index in [9.17, 15) is 9.90 Å². The molecule has 2 rings (SSSR count). The van der Waals surface area contributed by atoms with Gasteiger partial charge in [-0.3, -0.25) is 9.69 Å². The summed E-state index contributed by atoms with van der Waals surface area (Å²) in [4.78, 5) is 13.7. The molecule has 2 aliphatic rings. The van der Waals surface area contributed by atoms with Crippen molar-refractivity contribution in [3.63, 3.8) is 0 Å². The highest BCUT2D eigenvalue weighted by molar-refractivity contribution is 5.74. The third-order valence-corrected chi connectivity index (χ3v) is 4.47. The molecule has 0 aromatic heterocycles. The average Bonchev–Trinajstić information content (AvgIpc) is 2.65. The lowest BCUT2D eigenvalue weighted by Gasteiger charge is -2.33. The zero-order valence-corrected chi connectivity index (χ0v) is 11.1. The van der Waals surface area contributed by atoms with Gasteiger partial charge in [-0.1, -0.05) is 26.7 Å². The predicted molar refractivity (Wildman–Crippen MR) is 67.9 cm³/mol. The Labute approximate surface area is 104 Å². The molecule has 1 N–H and O–H groups in total. The molecule has 0 radical (unpaired) electrons. The van der Waals surface area contributed by atoms with Crippen LogP contribution in [0, 0.1) is 11.8 Å². The van der Waals surface area contributed by atoms with Crippen LogP contribution in [0.25, 0.3) is 0 Å². The second-order valence-electron chi connectivity index (χ2n) is 6.12. The minimum absolute atomic E-state index is 0.207. The molecule has 0 spiro atoms. The highest BCUT2D eigenvalue weighted by Crippen LogP contribution is 2.39. The van der Waals surface area contributed by atoms with Crippen LogP contribution in [0.5, 0.6) is 0 Å². The Balaban J connectivity index is 2.03. The molecular formula is C14H25NO2. The van der Waals surface area contributed by atoms with Gasteiger partial charge in [-0.15, -0.1) is 0 Å². The number of carboxylic acids is 1. The maximum atomic E-state index is 11.4.